The Hall–Kier alpha value is -0.440. The third-order valence-corrected chi connectivity index (χ3v) is 0.567. The predicted octanol–water partition coefficient (Wildman–Crippen LogP) is 0.659. The third-order valence-electron chi connectivity index (χ3n) is 0.189. The minimum Gasteiger partial charge on any atom is -0.352 e. The van der Waals surface area contributed by atoms with Gasteiger partial charge in [-0.15, -0.1) is 11.6 Å². The van der Waals surface area contributed by atoms with Gasteiger partial charge in [-0.2, -0.15) is 0 Å². The number of primary amides is 2. The molecular weight excluding hydrogens is 128 g/mol. The molecule has 0 aromatic carbocycles. The number of hydrogen-bond acceptors (Lipinski definition) is 1. The summed E-state index contributed by atoms with van der Waals surface area (Å²) < 4.78 is 0. The van der Waals surface area contributed by atoms with Crippen molar-refractivity contribution in [2.75, 3.05) is 5.88 Å². The molecule has 0 aliphatic heterocycles. The molecular formula is C4H11ClN2O. The lowest BCUT2D eigenvalue weighted by molar-refractivity contribution is 0.256. The Kier molecular flexibility index (Phi) is 12.8. The van der Waals surface area contributed by atoms with E-state index in [2.05, 4.69) is 11.5 Å². The number of hydrogen-bond donors (Lipinski definition) is 2. The van der Waals surface area contributed by atoms with Gasteiger partial charge >= 0.3 is 6.03 Å². The van der Waals surface area contributed by atoms with E-state index < -0.39 is 6.03 Å². The van der Waals surface area contributed by atoms with E-state index >= 15 is 0 Å². The van der Waals surface area contributed by atoms with E-state index in [-0.39, 0.29) is 0 Å². The van der Waals surface area contributed by atoms with Crippen molar-refractivity contribution in [2.24, 2.45) is 11.5 Å². The Morgan fingerprint density at radius 3 is 1.75 bits per heavy atom. The Labute approximate surface area is 54.0 Å². The Morgan fingerprint density at radius 1 is 1.62 bits per heavy atom. The second-order valence-electron chi connectivity index (χ2n) is 1.09. The molecule has 2 amide bonds. The second kappa shape index (κ2) is 9.75. The normalized spacial score (nSPS) is 6.75. The first kappa shape index (κ1) is 10.5. The van der Waals surface area contributed by atoms with E-state index in [4.69, 9.17) is 16.4 Å². The number of alkyl halides is 1. The zero-order chi connectivity index (χ0) is 6.99. The number of rotatable bonds is 1. The number of nitrogens with two attached hydrogens (primary N) is 2. The summed E-state index contributed by atoms with van der Waals surface area (Å²) in [5.74, 6) is 0.792. The molecule has 0 unspecified atom stereocenters. The molecule has 8 heavy (non-hydrogen) atoms. The van der Waals surface area contributed by atoms with Gasteiger partial charge < -0.3 is 11.5 Å². The van der Waals surface area contributed by atoms with Crippen LogP contribution in [0.25, 0.3) is 0 Å². The van der Waals surface area contributed by atoms with Crippen molar-refractivity contribution < 1.29 is 4.79 Å². The van der Waals surface area contributed by atoms with E-state index in [1.807, 2.05) is 6.92 Å². The van der Waals surface area contributed by atoms with E-state index in [9.17, 15) is 0 Å². The number of carbonyl (C=O) groups excluding carboxylic acids is 1. The van der Waals surface area contributed by atoms with Crippen molar-refractivity contribution in [1.82, 2.24) is 0 Å². The highest BCUT2D eigenvalue weighted by molar-refractivity contribution is 6.17. The van der Waals surface area contributed by atoms with Crippen molar-refractivity contribution >= 4 is 17.6 Å². The predicted molar refractivity (Wildman–Crippen MR) is 34.8 cm³/mol. The molecule has 3 nitrogen and oxygen atoms in total. The molecule has 0 heterocycles. The fourth-order valence-electron chi connectivity index (χ4n) is 0. The fourth-order valence-corrected chi connectivity index (χ4v) is 0. The van der Waals surface area contributed by atoms with Gasteiger partial charge in [0.05, 0.1) is 0 Å². The van der Waals surface area contributed by atoms with E-state index in [1.165, 1.54) is 0 Å². The Bertz CT molecular complexity index is 52.0. The standard InChI is InChI=1S/C3H7Cl.CH4N2O/c1-2-3-4;2-1(3)4/h2-3H2,1H3;(H4,2,3,4). The SMILES string of the molecule is CCCCl.NC(N)=O. The molecule has 0 saturated carbocycles. The van der Waals surface area contributed by atoms with Crippen molar-refractivity contribution in [3.05, 3.63) is 0 Å². The largest absolute Gasteiger partial charge is 0.352 e. The molecule has 4 N–H and O–H groups in total. The summed E-state index contributed by atoms with van der Waals surface area (Å²) >= 11 is 5.19. The number of urea groups is 1. The third kappa shape index (κ3) is 369. The van der Waals surface area contributed by atoms with Gasteiger partial charge in [0.15, 0.2) is 0 Å². The van der Waals surface area contributed by atoms with Crippen LogP contribution in [0.1, 0.15) is 13.3 Å². The summed E-state index contributed by atoms with van der Waals surface area (Å²) in [4.78, 5) is 9.00. The van der Waals surface area contributed by atoms with Crippen LogP contribution in [0.3, 0.4) is 0 Å². The first-order chi connectivity index (χ1) is 3.65. The van der Waals surface area contributed by atoms with Crippen molar-refractivity contribution in [3.63, 3.8) is 0 Å². The first-order valence-corrected chi connectivity index (χ1v) is 2.79. The van der Waals surface area contributed by atoms with Gasteiger partial charge in [0.2, 0.25) is 0 Å². The maximum atomic E-state index is 9.00. The highest BCUT2D eigenvalue weighted by Crippen LogP contribution is 1.75. The molecule has 0 aromatic rings. The Balaban J connectivity index is 0. The van der Waals surface area contributed by atoms with Crippen LogP contribution in [0.15, 0.2) is 0 Å². The molecule has 0 aliphatic rings. The smallest absolute Gasteiger partial charge is 0.309 e. The van der Waals surface area contributed by atoms with Crippen LogP contribution in [-0.2, 0) is 0 Å². The van der Waals surface area contributed by atoms with Crippen LogP contribution in [0.4, 0.5) is 4.79 Å². The number of carbonyl (C=O) groups is 1. The van der Waals surface area contributed by atoms with Crippen LogP contribution < -0.4 is 11.5 Å². The van der Waals surface area contributed by atoms with E-state index in [0.717, 1.165) is 12.3 Å². The zero-order valence-corrected chi connectivity index (χ0v) is 5.61. The minimum absolute atomic E-state index is 0.792. The van der Waals surface area contributed by atoms with Gasteiger partial charge in [-0.05, 0) is 6.42 Å². The maximum Gasteiger partial charge on any atom is 0.309 e. The average Bonchev–Trinajstić information content (AvgIpc) is 1.65. The number of amides is 2. The topological polar surface area (TPSA) is 69.1 Å². The van der Waals surface area contributed by atoms with Crippen molar-refractivity contribution in [3.8, 4) is 0 Å². The Morgan fingerprint density at radius 2 is 1.75 bits per heavy atom. The molecule has 0 spiro atoms. The lowest BCUT2D eigenvalue weighted by atomic mass is 10.6. The van der Waals surface area contributed by atoms with Gasteiger partial charge in [-0.1, -0.05) is 6.92 Å². The lowest BCUT2D eigenvalue weighted by Gasteiger charge is -1.65. The van der Waals surface area contributed by atoms with Gasteiger partial charge in [0, 0.05) is 5.88 Å². The fraction of sp³-hybridized carbons (Fsp3) is 0.750. The molecule has 0 bridgehead atoms. The summed E-state index contributed by atoms with van der Waals surface area (Å²) in [6.45, 7) is 2.05. The minimum atomic E-state index is -0.833. The van der Waals surface area contributed by atoms with Crippen LogP contribution in [0.5, 0.6) is 0 Å². The lowest BCUT2D eigenvalue weighted by Crippen LogP contribution is -2.18. The maximum absolute atomic E-state index is 9.00. The summed E-state index contributed by atoms with van der Waals surface area (Å²) in [6.07, 6.45) is 1.08. The monoisotopic (exact) mass is 138 g/mol. The van der Waals surface area contributed by atoms with Gasteiger partial charge in [-0.25, -0.2) is 4.79 Å². The molecule has 0 saturated heterocycles. The molecule has 4 heteroatoms. The molecule has 0 rings (SSSR count). The second-order valence-corrected chi connectivity index (χ2v) is 1.47. The molecule has 0 radical (unpaired) electrons. The summed E-state index contributed by atoms with van der Waals surface area (Å²) in [7, 11) is 0. The molecule has 0 aromatic heterocycles. The van der Waals surface area contributed by atoms with Gasteiger partial charge in [0.1, 0.15) is 0 Å². The molecule has 0 atom stereocenters. The summed E-state index contributed by atoms with van der Waals surface area (Å²) in [5, 5.41) is 0. The first-order valence-electron chi connectivity index (χ1n) is 2.26. The van der Waals surface area contributed by atoms with Crippen molar-refractivity contribution in [2.45, 2.75) is 13.3 Å². The van der Waals surface area contributed by atoms with Gasteiger partial charge in [-0.3, -0.25) is 0 Å². The molecule has 0 aliphatic carbocycles. The van der Waals surface area contributed by atoms with Crippen LogP contribution >= 0.6 is 11.6 Å². The van der Waals surface area contributed by atoms with Crippen LogP contribution in [0.2, 0.25) is 0 Å². The summed E-state index contributed by atoms with van der Waals surface area (Å²) in [5.41, 5.74) is 8.50. The zero-order valence-electron chi connectivity index (χ0n) is 4.86. The highest BCUT2D eigenvalue weighted by atomic mass is 35.5. The van der Waals surface area contributed by atoms with Gasteiger partial charge in [0.25, 0.3) is 0 Å². The quantitative estimate of drug-likeness (QED) is 0.514. The van der Waals surface area contributed by atoms with Crippen LogP contribution in [0, 0.1) is 0 Å². The van der Waals surface area contributed by atoms with Crippen LogP contribution in [-0.4, -0.2) is 11.9 Å². The van der Waals surface area contributed by atoms with E-state index in [0.29, 0.717) is 0 Å². The number of halogens is 1. The average molecular weight is 139 g/mol. The molecule has 50 valence electrons. The van der Waals surface area contributed by atoms with E-state index in [1.54, 1.807) is 0 Å². The summed E-state index contributed by atoms with van der Waals surface area (Å²) in [6, 6.07) is -0.833. The molecule has 0 fully saturated rings. The van der Waals surface area contributed by atoms with Crippen molar-refractivity contribution in [1.29, 1.82) is 0 Å². The highest BCUT2D eigenvalue weighted by Gasteiger charge is 1.60.